The molecule has 0 spiro atoms. The molecule has 0 aliphatic heterocycles. The van der Waals surface area contributed by atoms with Crippen molar-refractivity contribution in [2.24, 2.45) is 5.92 Å². The fourth-order valence-corrected chi connectivity index (χ4v) is 2.29. The number of carbonyl (C=O) groups excluding carboxylic acids is 1. The van der Waals surface area contributed by atoms with Crippen LogP contribution in [0.5, 0.6) is 0 Å². The third-order valence-electron chi connectivity index (χ3n) is 3.40. The molecule has 22 heavy (non-hydrogen) atoms. The van der Waals surface area contributed by atoms with E-state index >= 15 is 0 Å². The van der Waals surface area contributed by atoms with Gasteiger partial charge in [0.1, 0.15) is 6.04 Å². The molecule has 0 fully saturated rings. The van der Waals surface area contributed by atoms with Crippen LogP contribution in [0.1, 0.15) is 25.8 Å². The van der Waals surface area contributed by atoms with Gasteiger partial charge in [-0.2, -0.15) is 5.10 Å². The first-order valence-electron chi connectivity index (χ1n) is 7.50. The SMILES string of the molecule is COC(=O)C(CC(C)C)NCc1cnn(-c2ccccc2)c1. The second-order valence-corrected chi connectivity index (χ2v) is 5.71. The maximum absolute atomic E-state index is 11.8. The molecule has 1 aromatic carbocycles. The number of nitrogens with zero attached hydrogens (tertiary/aromatic N) is 2. The highest BCUT2D eigenvalue weighted by Crippen LogP contribution is 2.10. The predicted octanol–water partition coefficient (Wildman–Crippen LogP) is 2.55. The summed E-state index contributed by atoms with van der Waals surface area (Å²) < 4.78 is 6.68. The molecule has 1 unspecified atom stereocenters. The number of hydrogen-bond acceptors (Lipinski definition) is 4. The Hall–Kier alpha value is -2.14. The summed E-state index contributed by atoms with van der Waals surface area (Å²) >= 11 is 0. The maximum atomic E-state index is 11.8. The van der Waals surface area contributed by atoms with Crippen LogP contribution < -0.4 is 5.32 Å². The first-order chi connectivity index (χ1) is 10.6. The number of nitrogens with one attached hydrogen (secondary N) is 1. The minimum Gasteiger partial charge on any atom is -0.468 e. The molecule has 5 heteroatoms. The summed E-state index contributed by atoms with van der Waals surface area (Å²) in [6.07, 6.45) is 4.52. The van der Waals surface area contributed by atoms with E-state index in [1.807, 2.05) is 47.4 Å². The zero-order valence-electron chi connectivity index (χ0n) is 13.3. The molecule has 5 nitrogen and oxygen atoms in total. The summed E-state index contributed by atoms with van der Waals surface area (Å²) in [5.74, 6) is 0.202. The number of hydrogen-bond donors (Lipinski definition) is 1. The highest BCUT2D eigenvalue weighted by atomic mass is 16.5. The summed E-state index contributed by atoms with van der Waals surface area (Å²) in [7, 11) is 1.42. The van der Waals surface area contributed by atoms with E-state index in [1.54, 1.807) is 0 Å². The molecule has 2 aromatic rings. The molecule has 1 N–H and O–H groups in total. The lowest BCUT2D eigenvalue weighted by atomic mass is 10.0. The van der Waals surface area contributed by atoms with Crippen molar-refractivity contribution in [2.75, 3.05) is 7.11 Å². The number of aromatic nitrogens is 2. The van der Waals surface area contributed by atoms with Crippen LogP contribution in [0.4, 0.5) is 0 Å². The molecule has 0 saturated carbocycles. The van der Waals surface area contributed by atoms with Gasteiger partial charge in [-0.25, -0.2) is 4.68 Å². The molecule has 0 amide bonds. The van der Waals surface area contributed by atoms with E-state index in [0.29, 0.717) is 12.5 Å². The van der Waals surface area contributed by atoms with Crippen LogP contribution in [0.3, 0.4) is 0 Å². The Morgan fingerprint density at radius 3 is 2.68 bits per heavy atom. The third kappa shape index (κ3) is 4.43. The lowest BCUT2D eigenvalue weighted by molar-refractivity contribution is -0.143. The number of rotatable bonds is 7. The monoisotopic (exact) mass is 301 g/mol. The third-order valence-corrected chi connectivity index (χ3v) is 3.40. The van der Waals surface area contributed by atoms with Crippen molar-refractivity contribution in [3.8, 4) is 5.69 Å². The Kier molecular flexibility index (Phi) is 5.72. The van der Waals surface area contributed by atoms with Crippen molar-refractivity contribution in [2.45, 2.75) is 32.9 Å². The van der Waals surface area contributed by atoms with Gasteiger partial charge in [0.2, 0.25) is 0 Å². The number of ether oxygens (including phenoxy) is 1. The van der Waals surface area contributed by atoms with Gasteiger partial charge in [0.15, 0.2) is 0 Å². The summed E-state index contributed by atoms with van der Waals surface area (Å²) in [6.45, 7) is 4.76. The molecule has 0 saturated heterocycles. The smallest absolute Gasteiger partial charge is 0.322 e. The van der Waals surface area contributed by atoms with Crippen LogP contribution in [0.15, 0.2) is 42.7 Å². The van der Waals surface area contributed by atoms with Gasteiger partial charge in [0.25, 0.3) is 0 Å². The first kappa shape index (κ1) is 16.2. The van der Waals surface area contributed by atoms with Crippen LogP contribution in [-0.4, -0.2) is 28.9 Å². The topological polar surface area (TPSA) is 56.1 Å². The molecule has 2 rings (SSSR count). The molecule has 118 valence electrons. The van der Waals surface area contributed by atoms with E-state index in [1.165, 1.54) is 7.11 Å². The normalized spacial score (nSPS) is 12.4. The molecule has 0 aliphatic rings. The molecule has 0 aliphatic carbocycles. The zero-order chi connectivity index (χ0) is 15.9. The maximum Gasteiger partial charge on any atom is 0.322 e. The van der Waals surface area contributed by atoms with E-state index in [0.717, 1.165) is 17.7 Å². The number of para-hydroxylation sites is 1. The first-order valence-corrected chi connectivity index (χ1v) is 7.50. The molecule has 1 heterocycles. The van der Waals surface area contributed by atoms with Crippen molar-refractivity contribution in [3.05, 3.63) is 48.3 Å². The Morgan fingerprint density at radius 2 is 2.05 bits per heavy atom. The molecule has 1 aromatic heterocycles. The summed E-state index contributed by atoms with van der Waals surface area (Å²) in [5.41, 5.74) is 2.04. The highest BCUT2D eigenvalue weighted by Gasteiger charge is 2.19. The molecular formula is C17H23N3O2. The number of carbonyl (C=O) groups is 1. The van der Waals surface area contributed by atoms with Crippen LogP contribution in [0.2, 0.25) is 0 Å². The van der Waals surface area contributed by atoms with E-state index in [-0.39, 0.29) is 12.0 Å². The van der Waals surface area contributed by atoms with Gasteiger partial charge < -0.3 is 10.1 Å². The second kappa shape index (κ2) is 7.75. The zero-order valence-corrected chi connectivity index (χ0v) is 13.3. The predicted molar refractivity (Wildman–Crippen MR) is 85.7 cm³/mol. The number of esters is 1. The van der Waals surface area contributed by atoms with Crippen molar-refractivity contribution in [1.29, 1.82) is 0 Å². The average molecular weight is 301 g/mol. The quantitative estimate of drug-likeness (QED) is 0.799. The molecular weight excluding hydrogens is 278 g/mol. The fourth-order valence-electron chi connectivity index (χ4n) is 2.29. The standard InChI is InChI=1S/C17H23N3O2/c1-13(2)9-16(17(21)22-3)18-10-14-11-19-20(12-14)15-7-5-4-6-8-15/h4-8,11-13,16,18H,9-10H2,1-3H3. The summed E-state index contributed by atoms with van der Waals surface area (Å²) in [6, 6.07) is 9.64. The number of benzene rings is 1. The second-order valence-electron chi connectivity index (χ2n) is 5.71. The van der Waals surface area contributed by atoms with Gasteiger partial charge in [-0.15, -0.1) is 0 Å². The van der Waals surface area contributed by atoms with Crippen LogP contribution >= 0.6 is 0 Å². The average Bonchev–Trinajstić information content (AvgIpc) is 3.00. The van der Waals surface area contributed by atoms with Crippen LogP contribution in [-0.2, 0) is 16.1 Å². The summed E-state index contributed by atoms with van der Waals surface area (Å²) in [5, 5.41) is 7.61. The summed E-state index contributed by atoms with van der Waals surface area (Å²) in [4.78, 5) is 11.8. The van der Waals surface area contributed by atoms with Gasteiger partial charge in [-0.05, 0) is 24.5 Å². The Morgan fingerprint density at radius 1 is 1.32 bits per heavy atom. The van der Waals surface area contributed by atoms with Gasteiger partial charge in [-0.3, -0.25) is 4.79 Å². The minimum atomic E-state index is -0.287. The largest absolute Gasteiger partial charge is 0.468 e. The van der Waals surface area contributed by atoms with Crippen LogP contribution in [0, 0.1) is 5.92 Å². The lowest BCUT2D eigenvalue weighted by Gasteiger charge is -2.17. The van der Waals surface area contributed by atoms with E-state index in [4.69, 9.17) is 4.74 Å². The Labute approximate surface area is 131 Å². The molecule has 1 atom stereocenters. The van der Waals surface area contributed by atoms with E-state index in [2.05, 4.69) is 24.3 Å². The van der Waals surface area contributed by atoms with Crippen molar-refractivity contribution in [3.63, 3.8) is 0 Å². The number of methoxy groups -OCH3 is 1. The fraction of sp³-hybridized carbons (Fsp3) is 0.412. The Bertz CT molecular complexity index is 593. The van der Waals surface area contributed by atoms with Gasteiger partial charge >= 0.3 is 5.97 Å². The highest BCUT2D eigenvalue weighted by molar-refractivity contribution is 5.75. The van der Waals surface area contributed by atoms with Gasteiger partial charge in [-0.1, -0.05) is 32.0 Å². The van der Waals surface area contributed by atoms with Gasteiger partial charge in [0.05, 0.1) is 19.0 Å². The molecule has 0 bridgehead atoms. The van der Waals surface area contributed by atoms with Crippen molar-refractivity contribution >= 4 is 5.97 Å². The van der Waals surface area contributed by atoms with E-state index in [9.17, 15) is 4.79 Å². The van der Waals surface area contributed by atoms with Gasteiger partial charge in [0, 0.05) is 18.3 Å². The minimum absolute atomic E-state index is 0.218. The molecule has 0 radical (unpaired) electrons. The van der Waals surface area contributed by atoms with Crippen LogP contribution in [0.25, 0.3) is 5.69 Å². The van der Waals surface area contributed by atoms with Crippen molar-refractivity contribution < 1.29 is 9.53 Å². The van der Waals surface area contributed by atoms with E-state index < -0.39 is 0 Å². The Balaban J connectivity index is 1.98. The van der Waals surface area contributed by atoms with Crippen molar-refractivity contribution in [1.82, 2.24) is 15.1 Å². The lowest BCUT2D eigenvalue weighted by Crippen LogP contribution is -2.38.